The van der Waals surface area contributed by atoms with Crippen LogP contribution in [0.3, 0.4) is 0 Å². The van der Waals surface area contributed by atoms with E-state index in [1.807, 2.05) is 0 Å². The van der Waals surface area contributed by atoms with Crippen LogP contribution in [0.25, 0.3) is 0 Å². The molecule has 2 aromatic carbocycles. The second-order valence-corrected chi connectivity index (χ2v) is 7.92. The first kappa shape index (κ1) is 35.3. The molecular weight excluding hydrogens is 595 g/mol. The van der Waals surface area contributed by atoms with Crippen LogP contribution >= 0.6 is 24.0 Å². The molecule has 0 saturated heterocycles. The standard InChI is InChI=1S/C12H13N5O3.C10H7ClN4O2.C2H7NO.ClH/c18-6-5-13-11-7-12(15-8-14-11)16-9-1-3-10(4-2-9)17(19)20;11-9-5-10(13-6-12-9)14-7-1-3-8(4-2-7)15(16)17;3-1-2-4;/h1-4,7-8,18H,5-6H2,(H2,13,14,15,16);1-6H,(H,12,13,14);4H,1-3H2;1H. The van der Waals surface area contributed by atoms with Crippen LogP contribution in [0, 0.1) is 20.2 Å². The van der Waals surface area contributed by atoms with Crippen LogP contribution in [0.5, 0.6) is 0 Å². The molecule has 0 saturated carbocycles. The molecule has 224 valence electrons. The van der Waals surface area contributed by atoms with E-state index in [-0.39, 0.29) is 37.0 Å². The van der Waals surface area contributed by atoms with E-state index in [1.165, 1.54) is 36.9 Å². The zero-order valence-corrected chi connectivity index (χ0v) is 23.4. The van der Waals surface area contributed by atoms with Gasteiger partial charge in [-0.1, -0.05) is 11.6 Å². The lowest BCUT2D eigenvalue weighted by Crippen LogP contribution is -2.07. The molecule has 0 amide bonds. The van der Waals surface area contributed by atoms with Crippen molar-refractivity contribution in [1.29, 1.82) is 0 Å². The number of halogens is 2. The summed E-state index contributed by atoms with van der Waals surface area (Å²) in [6.45, 7) is 0.878. The van der Waals surface area contributed by atoms with E-state index in [2.05, 4.69) is 35.9 Å². The van der Waals surface area contributed by atoms with E-state index in [1.54, 1.807) is 36.4 Å². The fraction of sp³-hybridized carbons (Fsp3) is 0.167. The van der Waals surface area contributed by atoms with Gasteiger partial charge < -0.3 is 31.9 Å². The number of aliphatic hydroxyl groups is 2. The molecule has 42 heavy (non-hydrogen) atoms. The molecule has 4 rings (SSSR count). The molecule has 0 aliphatic heterocycles. The van der Waals surface area contributed by atoms with Crippen LogP contribution in [-0.2, 0) is 0 Å². The van der Waals surface area contributed by atoms with E-state index >= 15 is 0 Å². The Hall–Kier alpha value is -4.74. The summed E-state index contributed by atoms with van der Waals surface area (Å²) in [6, 6.07) is 15.3. The van der Waals surface area contributed by atoms with Crippen molar-refractivity contribution in [3.63, 3.8) is 0 Å². The van der Waals surface area contributed by atoms with E-state index in [9.17, 15) is 20.2 Å². The first-order chi connectivity index (χ1) is 19.7. The number of hydrogen-bond donors (Lipinski definition) is 6. The molecular formula is C24H28Cl2N10O6. The Bertz CT molecular complexity index is 1380. The molecule has 7 N–H and O–H groups in total. The van der Waals surface area contributed by atoms with Crippen LogP contribution in [0.15, 0.2) is 73.3 Å². The minimum absolute atomic E-state index is 0. The van der Waals surface area contributed by atoms with Gasteiger partial charge in [-0.2, -0.15) is 0 Å². The third-order valence-electron chi connectivity index (χ3n) is 4.55. The zero-order chi connectivity index (χ0) is 30.0. The van der Waals surface area contributed by atoms with Gasteiger partial charge in [0.15, 0.2) is 0 Å². The first-order valence-corrected chi connectivity index (χ1v) is 12.1. The van der Waals surface area contributed by atoms with Gasteiger partial charge in [0.2, 0.25) is 0 Å². The number of hydrogen-bond acceptors (Lipinski definition) is 14. The van der Waals surface area contributed by atoms with Crippen molar-refractivity contribution in [2.24, 2.45) is 5.73 Å². The van der Waals surface area contributed by atoms with Gasteiger partial charge in [-0.05, 0) is 24.3 Å². The average Bonchev–Trinajstić information content (AvgIpc) is 2.97. The van der Waals surface area contributed by atoms with Gasteiger partial charge in [0.25, 0.3) is 11.4 Å². The summed E-state index contributed by atoms with van der Waals surface area (Å²) >= 11 is 5.70. The quantitative estimate of drug-likeness (QED) is 0.0839. The van der Waals surface area contributed by atoms with Crippen molar-refractivity contribution in [1.82, 2.24) is 19.9 Å². The molecule has 0 fully saturated rings. The molecule has 0 spiro atoms. The summed E-state index contributed by atoms with van der Waals surface area (Å²) in [6.07, 6.45) is 2.71. The Morgan fingerprint density at radius 1 is 0.738 bits per heavy atom. The normalized spacial score (nSPS) is 9.52. The van der Waals surface area contributed by atoms with Crippen molar-refractivity contribution in [2.45, 2.75) is 0 Å². The highest BCUT2D eigenvalue weighted by Gasteiger charge is 2.06. The number of rotatable bonds is 10. The maximum absolute atomic E-state index is 10.6. The summed E-state index contributed by atoms with van der Waals surface area (Å²) in [5.74, 6) is 1.66. The minimum atomic E-state index is -0.453. The van der Waals surface area contributed by atoms with Gasteiger partial charge in [-0.15, -0.1) is 12.4 Å². The predicted octanol–water partition coefficient (Wildman–Crippen LogP) is 3.67. The Morgan fingerprint density at radius 3 is 1.57 bits per heavy atom. The van der Waals surface area contributed by atoms with E-state index in [0.717, 1.165) is 0 Å². The van der Waals surface area contributed by atoms with E-state index in [4.69, 9.17) is 27.5 Å². The van der Waals surface area contributed by atoms with Crippen molar-refractivity contribution in [2.75, 3.05) is 42.3 Å². The van der Waals surface area contributed by atoms with Gasteiger partial charge in [-0.25, -0.2) is 19.9 Å². The highest BCUT2D eigenvalue weighted by atomic mass is 35.5. The van der Waals surface area contributed by atoms with Crippen LogP contribution in [0.1, 0.15) is 0 Å². The van der Waals surface area contributed by atoms with Gasteiger partial charge in [0, 0.05) is 60.9 Å². The van der Waals surface area contributed by atoms with E-state index < -0.39 is 9.85 Å². The number of aromatic nitrogens is 4. The molecule has 0 aliphatic rings. The van der Waals surface area contributed by atoms with Crippen molar-refractivity contribution < 1.29 is 20.1 Å². The fourth-order valence-electron chi connectivity index (χ4n) is 2.74. The minimum Gasteiger partial charge on any atom is -0.395 e. The Labute approximate surface area is 250 Å². The van der Waals surface area contributed by atoms with Gasteiger partial charge in [0.05, 0.1) is 23.1 Å². The number of nitro benzene ring substituents is 2. The molecule has 16 nitrogen and oxygen atoms in total. The summed E-state index contributed by atoms with van der Waals surface area (Å²) in [5, 5.41) is 46.7. The number of nitrogens with two attached hydrogens (primary N) is 1. The molecule has 2 aromatic heterocycles. The monoisotopic (exact) mass is 622 g/mol. The maximum Gasteiger partial charge on any atom is 0.269 e. The molecule has 18 heteroatoms. The lowest BCUT2D eigenvalue weighted by atomic mass is 10.3. The number of aliphatic hydroxyl groups excluding tert-OH is 2. The topological polar surface area (TPSA) is 240 Å². The Kier molecular flexibility index (Phi) is 16.3. The largest absolute Gasteiger partial charge is 0.395 e. The summed E-state index contributed by atoms with van der Waals surface area (Å²) in [4.78, 5) is 35.8. The second-order valence-electron chi connectivity index (χ2n) is 7.54. The molecule has 0 radical (unpaired) electrons. The highest BCUT2D eigenvalue weighted by molar-refractivity contribution is 6.29. The third kappa shape index (κ3) is 13.1. The summed E-state index contributed by atoms with van der Waals surface area (Å²) in [5.41, 5.74) is 6.22. The van der Waals surface area contributed by atoms with Crippen LogP contribution in [0.4, 0.5) is 40.2 Å². The van der Waals surface area contributed by atoms with Crippen LogP contribution < -0.4 is 21.7 Å². The maximum atomic E-state index is 10.6. The predicted molar refractivity (Wildman–Crippen MR) is 161 cm³/mol. The van der Waals surface area contributed by atoms with Crippen molar-refractivity contribution in [3.05, 3.63) is 98.7 Å². The van der Waals surface area contributed by atoms with Gasteiger partial charge in [0.1, 0.15) is 35.3 Å². The number of nitrogens with zero attached hydrogens (tertiary/aromatic N) is 6. The smallest absolute Gasteiger partial charge is 0.269 e. The summed E-state index contributed by atoms with van der Waals surface area (Å²) in [7, 11) is 0. The third-order valence-corrected chi connectivity index (χ3v) is 4.76. The number of non-ortho nitro benzene ring substituents is 2. The summed E-state index contributed by atoms with van der Waals surface area (Å²) < 4.78 is 0. The molecule has 4 aromatic rings. The van der Waals surface area contributed by atoms with Gasteiger partial charge in [-0.3, -0.25) is 20.2 Å². The number of nitrogens with one attached hydrogen (secondary N) is 3. The lowest BCUT2D eigenvalue weighted by molar-refractivity contribution is -0.385. The molecule has 0 atom stereocenters. The first-order valence-electron chi connectivity index (χ1n) is 11.7. The van der Waals surface area contributed by atoms with Gasteiger partial charge >= 0.3 is 0 Å². The Balaban J connectivity index is 0.000000368. The van der Waals surface area contributed by atoms with Crippen molar-refractivity contribution >= 4 is 64.2 Å². The SMILES string of the molecule is Cl.NCCO.O=[N+]([O-])c1ccc(Nc2cc(Cl)ncn2)cc1.O=[N+]([O-])c1ccc(Nc2cc(NCCO)ncn2)cc1. The van der Waals surface area contributed by atoms with E-state index in [0.29, 0.717) is 47.1 Å². The number of nitro groups is 2. The highest BCUT2D eigenvalue weighted by Crippen LogP contribution is 2.21. The molecule has 0 bridgehead atoms. The average molecular weight is 623 g/mol. The zero-order valence-electron chi connectivity index (χ0n) is 21.8. The second kappa shape index (κ2) is 19.4. The molecule has 2 heterocycles. The van der Waals surface area contributed by atoms with Crippen molar-refractivity contribution in [3.8, 4) is 0 Å². The fourth-order valence-corrected chi connectivity index (χ4v) is 2.88. The van der Waals surface area contributed by atoms with Crippen LogP contribution in [0.2, 0.25) is 5.15 Å². The Morgan fingerprint density at radius 2 is 1.17 bits per heavy atom. The lowest BCUT2D eigenvalue weighted by Gasteiger charge is -2.07. The van der Waals surface area contributed by atoms with Crippen LogP contribution in [-0.4, -0.2) is 66.3 Å². The number of anilines is 5. The molecule has 0 unspecified atom stereocenters. The molecule has 0 aliphatic carbocycles. The number of benzene rings is 2.